The van der Waals surface area contributed by atoms with E-state index in [4.69, 9.17) is 4.74 Å². The van der Waals surface area contributed by atoms with Crippen molar-refractivity contribution in [3.63, 3.8) is 0 Å². The average molecular weight is 208 g/mol. The van der Waals surface area contributed by atoms with Crippen LogP contribution in [-0.2, 0) is 9.53 Å². The van der Waals surface area contributed by atoms with E-state index in [1.807, 2.05) is 6.08 Å². The van der Waals surface area contributed by atoms with Crippen LogP contribution in [0, 0.1) is 5.92 Å². The van der Waals surface area contributed by atoms with Crippen LogP contribution in [0.5, 0.6) is 0 Å². The van der Waals surface area contributed by atoms with E-state index in [-0.39, 0.29) is 18.5 Å². The van der Waals surface area contributed by atoms with Crippen LogP contribution >= 0.6 is 0 Å². The Balaban J connectivity index is 4.02. The molecule has 0 unspecified atom stereocenters. The van der Waals surface area contributed by atoms with Crippen molar-refractivity contribution >= 4 is 5.97 Å². The Morgan fingerprint density at radius 1 is 1.40 bits per heavy atom. The summed E-state index contributed by atoms with van der Waals surface area (Å²) in [6.07, 6.45) is 9.71. The summed E-state index contributed by atoms with van der Waals surface area (Å²) >= 11 is 0. The van der Waals surface area contributed by atoms with Crippen LogP contribution in [0.25, 0.3) is 0 Å². The van der Waals surface area contributed by atoms with Gasteiger partial charge in [0.05, 0.1) is 6.42 Å². The molecular weight excluding hydrogens is 188 g/mol. The zero-order valence-corrected chi connectivity index (χ0v) is 9.45. The van der Waals surface area contributed by atoms with E-state index >= 15 is 0 Å². The zero-order chi connectivity index (χ0) is 11.5. The van der Waals surface area contributed by atoms with Crippen molar-refractivity contribution in [2.24, 2.45) is 5.92 Å². The molecule has 0 amide bonds. The van der Waals surface area contributed by atoms with Crippen LogP contribution in [0.4, 0.5) is 0 Å². The Kier molecular flexibility index (Phi) is 8.44. The molecular formula is C13H20O2. The summed E-state index contributed by atoms with van der Waals surface area (Å²) in [5, 5.41) is 0. The van der Waals surface area contributed by atoms with E-state index in [9.17, 15) is 4.79 Å². The third-order valence-electron chi connectivity index (χ3n) is 1.90. The van der Waals surface area contributed by atoms with Gasteiger partial charge in [-0.3, -0.25) is 4.79 Å². The summed E-state index contributed by atoms with van der Waals surface area (Å²) in [5.74, 6) is 0.0299. The molecule has 0 saturated heterocycles. The standard InChI is InChI=1S/C13H20O2/c1-4-7-9-12(8-5-2)11-13(14)15-10-6-3/h5-7,9,12H,2-4,8,10-11H2,1H3/t12-/m0/s1. The highest BCUT2D eigenvalue weighted by atomic mass is 16.5. The van der Waals surface area contributed by atoms with Gasteiger partial charge in [0, 0.05) is 0 Å². The lowest BCUT2D eigenvalue weighted by Crippen LogP contribution is -2.09. The quantitative estimate of drug-likeness (QED) is 0.452. The lowest BCUT2D eigenvalue weighted by Gasteiger charge is -2.09. The van der Waals surface area contributed by atoms with Gasteiger partial charge in [0.2, 0.25) is 0 Å². The summed E-state index contributed by atoms with van der Waals surface area (Å²) in [6, 6.07) is 0. The van der Waals surface area contributed by atoms with E-state index in [2.05, 4.69) is 32.2 Å². The number of carbonyl (C=O) groups excluding carboxylic acids is 1. The van der Waals surface area contributed by atoms with E-state index in [0.29, 0.717) is 6.42 Å². The fraction of sp³-hybridized carbons (Fsp3) is 0.462. The molecule has 84 valence electrons. The van der Waals surface area contributed by atoms with Crippen LogP contribution in [0.1, 0.15) is 26.2 Å². The smallest absolute Gasteiger partial charge is 0.306 e. The Bertz CT molecular complexity index is 229. The topological polar surface area (TPSA) is 26.3 Å². The van der Waals surface area contributed by atoms with E-state index in [0.717, 1.165) is 12.8 Å². The van der Waals surface area contributed by atoms with E-state index in [1.165, 1.54) is 0 Å². The number of ether oxygens (including phenoxy) is 1. The fourth-order valence-corrected chi connectivity index (χ4v) is 1.20. The first kappa shape index (κ1) is 13.7. The highest BCUT2D eigenvalue weighted by Gasteiger charge is 2.10. The maximum Gasteiger partial charge on any atom is 0.306 e. The minimum Gasteiger partial charge on any atom is -0.461 e. The molecule has 0 aliphatic heterocycles. The molecule has 0 aliphatic rings. The second-order valence-corrected chi connectivity index (χ2v) is 3.30. The molecule has 2 nitrogen and oxygen atoms in total. The third kappa shape index (κ3) is 7.74. The van der Waals surface area contributed by atoms with Crippen molar-refractivity contribution in [3.8, 4) is 0 Å². The second kappa shape index (κ2) is 9.25. The van der Waals surface area contributed by atoms with Gasteiger partial charge in [-0.25, -0.2) is 0 Å². The number of allylic oxidation sites excluding steroid dienone is 3. The van der Waals surface area contributed by atoms with Crippen LogP contribution in [0.2, 0.25) is 0 Å². The number of hydrogen-bond acceptors (Lipinski definition) is 2. The van der Waals surface area contributed by atoms with Gasteiger partial charge in [-0.05, 0) is 18.8 Å². The van der Waals surface area contributed by atoms with Crippen molar-refractivity contribution in [1.82, 2.24) is 0 Å². The largest absolute Gasteiger partial charge is 0.461 e. The van der Waals surface area contributed by atoms with Gasteiger partial charge >= 0.3 is 5.97 Å². The first-order valence-electron chi connectivity index (χ1n) is 5.28. The fourth-order valence-electron chi connectivity index (χ4n) is 1.20. The molecule has 0 aromatic carbocycles. The Labute approximate surface area is 92.3 Å². The van der Waals surface area contributed by atoms with Crippen LogP contribution < -0.4 is 0 Å². The minimum absolute atomic E-state index is 0.178. The Morgan fingerprint density at radius 2 is 2.13 bits per heavy atom. The zero-order valence-electron chi connectivity index (χ0n) is 9.45. The molecule has 0 spiro atoms. The van der Waals surface area contributed by atoms with Gasteiger partial charge < -0.3 is 4.74 Å². The maximum atomic E-state index is 11.3. The van der Waals surface area contributed by atoms with Gasteiger partial charge in [-0.1, -0.05) is 37.8 Å². The summed E-state index contributed by atoms with van der Waals surface area (Å²) in [4.78, 5) is 11.3. The number of esters is 1. The van der Waals surface area contributed by atoms with Crippen molar-refractivity contribution in [2.75, 3.05) is 6.61 Å². The normalized spacial score (nSPS) is 12.3. The SMILES string of the molecule is C=CCOC(=O)C[C@H](C=CCC)CC=C. The van der Waals surface area contributed by atoms with E-state index < -0.39 is 0 Å². The van der Waals surface area contributed by atoms with Crippen molar-refractivity contribution in [1.29, 1.82) is 0 Å². The first-order valence-corrected chi connectivity index (χ1v) is 5.28. The lowest BCUT2D eigenvalue weighted by atomic mass is 10.0. The highest BCUT2D eigenvalue weighted by molar-refractivity contribution is 5.70. The number of rotatable bonds is 8. The summed E-state index contributed by atoms with van der Waals surface area (Å²) < 4.78 is 4.92. The van der Waals surface area contributed by atoms with Gasteiger partial charge in [0.25, 0.3) is 0 Å². The number of hydrogen-bond donors (Lipinski definition) is 0. The predicted molar refractivity (Wildman–Crippen MR) is 63.5 cm³/mol. The molecule has 1 atom stereocenters. The predicted octanol–water partition coefficient (Wildman–Crippen LogP) is 3.26. The lowest BCUT2D eigenvalue weighted by molar-refractivity contribution is -0.143. The minimum atomic E-state index is -0.178. The Morgan fingerprint density at radius 3 is 2.67 bits per heavy atom. The first-order chi connectivity index (χ1) is 7.24. The molecule has 0 heterocycles. The molecule has 0 rings (SSSR count). The summed E-state index contributed by atoms with van der Waals surface area (Å²) in [7, 11) is 0. The summed E-state index contributed by atoms with van der Waals surface area (Å²) in [6.45, 7) is 9.52. The molecule has 0 aromatic heterocycles. The third-order valence-corrected chi connectivity index (χ3v) is 1.90. The number of carbonyl (C=O) groups is 1. The molecule has 0 N–H and O–H groups in total. The molecule has 0 aromatic rings. The molecule has 2 heteroatoms. The van der Waals surface area contributed by atoms with Crippen LogP contribution in [0.3, 0.4) is 0 Å². The molecule has 0 bridgehead atoms. The molecule has 0 saturated carbocycles. The second-order valence-electron chi connectivity index (χ2n) is 3.30. The molecule has 15 heavy (non-hydrogen) atoms. The van der Waals surface area contributed by atoms with Crippen LogP contribution in [0.15, 0.2) is 37.5 Å². The summed E-state index contributed by atoms with van der Waals surface area (Å²) in [5.41, 5.74) is 0. The monoisotopic (exact) mass is 208 g/mol. The van der Waals surface area contributed by atoms with Gasteiger partial charge in [0.1, 0.15) is 6.61 Å². The van der Waals surface area contributed by atoms with E-state index in [1.54, 1.807) is 6.08 Å². The van der Waals surface area contributed by atoms with Gasteiger partial charge in [0.15, 0.2) is 0 Å². The van der Waals surface area contributed by atoms with Crippen molar-refractivity contribution in [2.45, 2.75) is 26.2 Å². The van der Waals surface area contributed by atoms with Crippen molar-refractivity contribution < 1.29 is 9.53 Å². The highest BCUT2D eigenvalue weighted by Crippen LogP contribution is 2.12. The molecule has 0 aliphatic carbocycles. The Hall–Kier alpha value is -1.31. The molecule has 0 fully saturated rings. The van der Waals surface area contributed by atoms with Crippen molar-refractivity contribution in [3.05, 3.63) is 37.5 Å². The van der Waals surface area contributed by atoms with Gasteiger partial charge in [-0.15, -0.1) is 6.58 Å². The molecule has 0 radical (unpaired) electrons. The average Bonchev–Trinajstić information content (AvgIpc) is 2.23. The van der Waals surface area contributed by atoms with Gasteiger partial charge in [-0.2, -0.15) is 0 Å². The maximum absolute atomic E-state index is 11.3. The van der Waals surface area contributed by atoms with Crippen LogP contribution in [-0.4, -0.2) is 12.6 Å².